The Morgan fingerprint density at radius 3 is 3.17 bits per heavy atom. The number of carbonyl (C=O) groups is 1. The molecule has 0 amide bonds. The fraction of sp³-hybridized carbons (Fsp3) is 0.462. The summed E-state index contributed by atoms with van der Waals surface area (Å²) >= 11 is 5.95. The van der Waals surface area contributed by atoms with Crippen LogP contribution in [0.5, 0.6) is 0 Å². The molecule has 0 N–H and O–H groups in total. The zero-order valence-corrected chi connectivity index (χ0v) is 11.0. The Labute approximate surface area is 111 Å². The van der Waals surface area contributed by atoms with E-state index in [1.54, 1.807) is 0 Å². The number of hydrogen-bond donors (Lipinski definition) is 0. The van der Waals surface area contributed by atoms with E-state index in [0.717, 1.165) is 23.7 Å². The number of esters is 1. The van der Waals surface area contributed by atoms with Gasteiger partial charge in [0, 0.05) is 24.7 Å². The fourth-order valence-electron chi connectivity index (χ4n) is 2.01. The molecule has 0 bridgehead atoms. The number of halogens is 1. The summed E-state index contributed by atoms with van der Waals surface area (Å²) in [6.07, 6.45) is -0.483. The molecule has 1 heterocycles. The minimum absolute atomic E-state index is 0.314. The van der Waals surface area contributed by atoms with Gasteiger partial charge in [0.25, 0.3) is 0 Å². The second-order valence-electron chi connectivity index (χ2n) is 4.25. The van der Waals surface area contributed by atoms with Crippen LogP contribution in [0.15, 0.2) is 24.3 Å². The first-order chi connectivity index (χ1) is 8.69. The summed E-state index contributed by atoms with van der Waals surface area (Å²) in [7, 11) is 1.38. The topological polar surface area (TPSA) is 38.8 Å². The third-order valence-electron chi connectivity index (χ3n) is 2.91. The lowest BCUT2D eigenvalue weighted by atomic mass is 10.2. The predicted molar refractivity (Wildman–Crippen MR) is 68.5 cm³/mol. The van der Waals surface area contributed by atoms with Crippen molar-refractivity contribution in [1.82, 2.24) is 4.90 Å². The summed E-state index contributed by atoms with van der Waals surface area (Å²) in [5, 5.41) is 0.727. The van der Waals surface area contributed by atoms with Crippen molar-refractivity contribution in [2.75, 3.05) is 26.8 Å². The van der Waals surface area contributed by atoms with Gasteiger partial charge in [0.05, 0.1) is 13.7 Å². The molecule has 1 unspecified atom stereocenters. The molecule has 0 aromatic heterocycles. The number of benzene rings is 1. The summed E-state index contributed by atoms with van der Waals surface area (Å²) < 4.78 is 10.1. The Balaban J connectivity index is 1.95. The summed E-state index contributed by atoms with van der Waals surface area (Å²) in [6, 6.07) is 7.73. The standard InChI is InChI=1S/C13H16ClNO3/c1-17-13(16)12-9-15(5-6-18-12)8-10-3-2-4-11(14)7-10/h2-4,7,12H,5-6,8-9H2,1H3. The summed E-state index contributed by atoms with van der Waals surface area (Å²) in [4.78, 5) is 13.6. The molecule has 18 heavy (non-hydrogen) atoms. The monoisotopic (exact) mass is 269 g/mol. The minimum atomic E-state index is -0.483. The number of methoxy groups -OCH3 is 1. The van der Waals surface area contributed by atoms with Crippen molar-refractivity contribution >= 4 is 17.6 Å². The Bertz CT molecular complexity index is 424. The van der Waals surface area contributed by atoms with E-state index < -0.39 is 6.10 Å². The Hall–Kier alpha value is -1.10. The van der Waals surface area contributed by atoms with Gasteiger partial charge in [-0.15, -0.1) is 0 Å². The molecule has 0 radical (unpaired) electrons. The zero-order valence-electron chi connectivity index (χ0n) is 10.3. The third kappa shape index (κ3) is 3.45. The van der Waals surface area contributed by atoms with E-state index in [9.17, 15) is 4.79 Å². The molecule has 1 aliphatic heterocycles. The van der Waals surface area contributed by atoms with Crippen LogP contribution in [0.1, 0.15) is 5.56 Å². The molecule has 0 spiro atoms. The summed E-state index contributed by atoms with van der Waals surface area (Å²) in [5.41, 5.74) is 1.13. The van der Waals surface area contributed by atoms with Crippen LogP contribution in [-0.2, 0) is 20.8 Å². The number of carbonyl (C=O) groups excluding carboxylic acids is 1. The molecule has 1 aliphatic rings. The highest BCUT2D eigenvalue weighted by molar-refractivity contribution is 6.30. The van der Waals surface area contributed by atoms with Crippen LogP contribution in [0, 0.1) is 0 Å². The van der Waals surface area contributed by atoms with Crippen molar-refractivity contribution in [2.45, 2.75) is 12.6 Å². The molecular formula is C13H16ClNO3. The average Bonchev–Trinajstić information content (AvgIpc) is 2.38. The number of nitrogens with zero attached hydrogens (tertiary/aromatic N) is 1. The predicted octanol–water partition coefficient (Wildman–Crippen LogP) is 1.71. The number of morpholine rings is 1. The van der Waals surface area contributed by atoms with Crippen LogP contribution in [0.25, 0.3) is 0 Å². The second kappa shape index (κ2) is 6.18. The van der Waals surface area contributed by atoms with E-state index in [4.69, 9.17) is 21.1 Å². The van der Waals surface area contributed by atoms with E-state index in [1.165, 1.54) is 7.11 Å². The van der Waals surface area contributed by atoms with Crippen LogP contribution in [-0.4, -0.2) is 43.8 Å². The van der Waals surface area contributed by atoms with Gasteiger partial charge in [-0.2, -0.15) is 0 Å². The molecule has 1 fully saturated rings. The normalized spacial score (nSPS) is 20.7. The van der Waals surface area contributed by atoms with Gasteiger partial charge in [0.1, 0.15) is 0 Å². The SMILES string of the molecule is COC(=O)C1CN(Cc2cccc(Cl)c2)CCO1. The van der Waals surface area contributed by atoms with Crippen molar-refractivity contribution in [1.29, 1.82) is 0 Å². The van der Waals surface area contributed by atoms with Crippen LogP contribution < -0.4 is 0 Å². The van der Waals surface area contributed by atoms with Crippen molar-refractivity contribution in [2.24, 2.45) is 0 Å². The summed E-state index contributed by atoms with van der Waals surface area (Å²) in [6.45, 7) is 2.66. The van der Waals surface area contributed by atoms with Gasteiger partial charge in [-0.05, 0) is 17.7 Å². The molecule has 2 rings (SSSR count). The Kier molecular flexibility index (Phi) is 4.58. The fourth-order valence-corrected chi connectivity index (χ4v) is 2.23. The van der Waals surface area contributed by atoms with E-state index >= 15 is 0 Å². The lowest BCUT2D eigenvalue weighted by Gasteiger charge is -2.31. The second-order valence-corrected chi connectivity index (χ2v) is 4.68. The van der Waals surface area contributed by atoms with Gasteiger partial charge < -0.3 is 9.47 Å². The van der Waals surface area contributed by atoms with Gasteiger partial charge in [0.2, 0.25) is 0 Å². The first-order valence-electron chi connectivity index (χ1n) is 5.85. The zero-order chi connectivity index (χ0) is 13.0. The smallest absolute Gasteiger partial charge is 0.336 e. The van der Waals surface area contributed by atoms with E-state index in [0.29, 0.717) is 13.2 Å². The first kappa shape index (κ1) is 13.3. The minimum Gasteiger partial charge on any atom is -0.467 e. The maximum Gasteiger partial charge on any atom is 0.336 e. The number of hydrogen-bond acceptors (Lipinski definition) is 4. The van der Waals surface area contributed by atoms with Gasteiger partial charge in [0.15, 0.2) is 6.10 Å². The number of ether oxygens (including phenoxy) is 2. The molecule has 0 aliphatic carbocycles. The highest BCUT2D eigenvalue weighted by Crippen LogP contribution is 2.15. The molecule has 1 saturated heterocycles. The molecule has 1 atom stereocenters. The maximum absolute atomic E-state index is 11.4. The van der Waals surface area contributed by atoms with Crippen molar-refractivity contribution in [3.63, 3.8) is 0 Å². The molecule has 1 aromatic rings. The summed E-state index contributed by atoms with van der Waals surface area (Å²) in [5.74, 6) is -0.314. The van der Waals surface area contributed by atoms with E-state index in [2.05, 4.69) is 4.90 Å². The maximum atomic E-state index is 11.4. The highest BCUT2D eigenvalue weighted by Gasteiger charge is 2.27. The molecule has 98 valence electrons. The van der Waals surface area contributed by atoms with E-state index in [-0.39, 0.29) is 5.97 Å². The highest BCUT2D eigenvalue weighted by atomic mass is 35.5. The molecule has 5 heteroatoms. The van der Waals surface area contributed by atoms with Crippen LogP contribution >= 0.6 is 11.6 Å². The van der Waals surface area contributed by atoms with Crippen molar-refractivity contribution in [3.8, 4) is 0 Å². The van der Waals surface area contributed by atoms with Crippen LogP contribution in [0.4, 0.5) is 0 Å². The largest absolute Gasteiger partial charge is 0.467 e. The third-order valence-corrected chi connectivity index (χ3v) is 3.14. The average molecular weight is 270 g/mol. The quantitative estimate of drug-likeness (QED) is 0.783. The molecule has 1 aromatic carbocycles. The lowest BCUT2D eigenvalue weighted by Crippen LogP contribution is -2.46. The first-order valence-corrected chi connectivity index (χ1v) is 6.23. The number of rotatable bonds is 3. The Morgan fingerprint density at radius 1 is 1.61 bits per heavy atom. The van der Waals surface area contributed by atoms with Gasteiger partial charge in [-0.25, -0.2) is 4.79 Å². The molecule has 0 saturated carbocycles. The molecular weight excluding hydrogens is 254 g/mol. The lowest BCUT2D eigenvalue weighted by molar-refractivity contribution is -0.160. The van der Waals surface area contributed by atoms with Crippen LogP contribution in [0.3, 0.4) is 0 Å². The van der Waals surface area contributed by atoms with Gasteiger partial charge in [-0.1, -0.05) is 23.7 Å². The van der Waals surface area contributed by atoms with Gasteiger partial charge in [-0.3, -0.25) is 4.90 Å². The van der Waals surface area contributed by atoms with Crippen molar-refractivity contribution in [3.05, 3.63) is 34.9 Å². The van der Waals surface area contributed by atoms with Crippen molar-refractivity contribution < 1.29 is 14.3 Å². The van der Waals surface area contributed by atoms with E-state index in [1.807, 2.05) is 24.3 Å². The molecule has 4 nitrogen and oxygen atoms in total. The van der Waals surface area contributed by atoms with Gasteiger partial charge >= 0.3 is 5.97 Å². The Morgan fingerprint density at radius 2 is 2.44 bits per heavy atom. The van der Waals surface area contributed by atoms with Crippen LogP contribution in [0.2, 0.25) is 5.02 Å².